The van der Waals surface area contributed by atoms with Crippen LogP contribution in [0.5, 0.6) is 0 Å². The Balaban J connectivity index is 2.15. The van der Waals surface area contributed by atoms with Crippen molar-refractivity contribution in [2.24, 2.45) is 0 Å². The maximum Gasteiger partial charge on any atom is 0.383 e. The number of alkyl halides is 4. The summed E-state index contributed by atoms with van der Waals surface area (Å²) in [6.07, 6.45) is -9.20. The normalized spacial score (nSPS) is 13.8. The average molecular weight is 451 g/mol. The third kappa shape index (κ3) is 12.4. The summed E-state index contributed by atoms with van der Waals surface area (Å²) in [5.74, 6) is 0. The molecule has 0 spiro atoms. The molecule has 2 N–H and O–H groups in total. The molecule has 1 unspecified atom stereocenters. The van der Waals surface area contributed by atoms with E-state index in [2.05, 4.69) is 23.9 Å². The number of hydrogen-bond acceptors (Lipinski definition) is 9. The molecular weight excluding hydrogens is 426 g/mol. The van der Waals surface area contributed by atoms with E-state index in [1.54, 1.807) is 5.51 Å². The van der Waals surface area contributed by atoms with E-state index in [4.69, 9.17) is 9.84 Å². The Morgan fingerprint density at radius 2 is 1.69 bits per heavy atom. The summed E-state index contributed by atoms with van der Waals surface area (Å²) in [7, 11) is 0. The highest BCUT2D eigenvalue weighted by atomic mass is 32.1. The van der Waals surface area contributed by atoms with Crippen LogP contribution in [0, 0.1) is 6.92 Å². The van der Waals surface area contributed by atoms with Gasteiger partial charge in [0.1, 0.15) is 26.1 Å². The van der Waals surface area contributed by atoms with Crippen LogP contribution in [0.15, 0.2) is 5.51 Å². The predicted octanol–water partition coefficient (Wildman–Crippen LogP) is 1.57. The predicted molar refractivity (Wildman–Crippen MR) is 93.0 cm³/mol. The Kier molecular flexibility index (Phi) is 12.1. The number of nitrogens with zero attached hydrogens (tertiary/aromatic N) is 1. The molecule has 29 heavy (non-hydrogen) atoms. The molecule has 0 aromatic carbocycles. The van der Waals surface area contributed by atoms with Gasteiger partial charge in [-0.25, -0.2) is 4.98 Å². The number of rotatable bonds is 17. The van der Waals surface area contributed by atoms with Crippen molar-refractivity contribution in [2.45, 2.75) is 31.7 Å². The SMILES string of the molecule is Cc1ncsc1CCOCC(O)COCC(F)(F)OC(F)(F)COCOCCO. The minimum Gasteiger partial charge on any atom is -0.394 e. The molecule has 0 saturated carbocycles. The molecular formula is C16H25F4NO7S. The Bertz CT molecular complexity index is 565. The third-order valence-electron chi connectivity index (χ3n) is 3.18. The van der Waals surface area contributed by atoms with E-state index >= 15 is 0 Å². The van der Waals surface area contributed by atoms with Gasteiger partial charge in [-0.2, -0.15) is 17.6 Å². The van der Waals surface area contributed by atoms with Crippen molar-refractivity contribution >= 4 is 11.3 Å². The van der Waals surface area contributed by atoms with Crippen LogP contribution in [0.3, 0.4) is 0 Å². The Morgan fingerprint density at radius 1 is 1.03 bits per heavy atom. The van der Waals surface area contributed by atoms with Crippen LogP contribution in [0.4, 0.5) is 17.6 Å². The zero-order valence-corrected chi connectivity index (χ0v) is 16.6. The molecule has 0 fully saturated rings. The summed E-state index contributed by atoms with van der Waals surface area (Å²) >= 11 is 1.47. The van der Waals surface area contributed by atoms with Crippen molar-refractivity contribution in [1.29, 1.82) is 0 Å². The molecule has 0 saturated heterocycles. The largest absolute Gasteiger partial charge is 0.394 e. The Morgan fingerprint density at radius 3 is 2.31 bits per heavy atom. The molecule has 0 bridgehead atoms. The molecule has 0 radical (unpaired) electrons. The number of thiazole rings is 1. The zero-order valence-electron chi connectivity index (χ0n) is 15.8. The number of ether oxygens (including phenoxy) is 5. The van der Waals surface area contributed by atoms with Gasteiger partial charge in [0.25, 0.3) is 0 Å². The van der Waals surface area contributed by atoms with E-state index in [-0.39, 0.29) is 19.8 Å². The van der Waals surface area contributed by atoms with Crippen molar-refractivity contribution in [1.82, 2.24) is 4.98 Å². The lowest BCUT2D eigenvalue weighted by Gasteiger charge is -2.24. The second-order valence-electron chi connectivity index (χ2n) is 5.83. The van der Waals surface area contributed by atoms with E-state index in [0.29, 0.717) is 13.0 Å². The lowest BCUT2D eigenvalue weighted by molar-refractivity contribution is -0.396. The maximum atomic E-state index is 13.4. The van der Waals surface area contributed by atoms with Gasteiger partial charge in [-0.3, -0.25) is 4.74 Å². The average Bonchev–Trinajstić information content (AvgIpc) is 3.02. The molecule has 0 aliphatic heterocycles. The highest BCUT2D eigenvalue weighted by Crippen LogP contribution is 2.27. The van der Waals surface area contributed by atoms with Gasteiger partial charge in [0, 0.05) is 11.3 Å². The van der Waals surface area contributed by atoms with Gasteiger partial charge in [-0.1, -0.05) is 0 Å². The first-order chi connectivity index (χ1) is 13.7. The fraction of sp³-hybridized carbons (Fsp3) is 0.812. The molecule has 1 rings (SSSR count). The van der Waals surface area contributed by atoms with Gasteiger partial charge in [0.2, 0.25) is 0 Å². The molecule has 13 heteroatoms. The van der Waals surface area contributed by atoms with Gasteiger partial charge < -0.3 is 29.2 Å². The Hall–Kier alpha value is -0.930. The van der Waals surface area contributed by atoms with Crippen LogP contribution >= 0.6 is 11.3 Å². The van der Waals surface area contributed by atoms with Gasteiger partial charge in [0.15, 0.2) is 0 Å². The molecule has 8 nitrogen and oxygen atoms in total. The summed E-state index contributed by atoms with van der Waals surface area (Å²) in [5, 5.41) is 18.0. The summed E-state index contributed by atoms with van der Waals surface area (Å²) < 4.78 is 75.6. The van der Waals surface area contributed by atoms with E-state index < -0.39 is 44.9 Å². The van der Waals surface area contributed by atoms with Crippen molar-refractivity contribution in [3.63, 3.8) is 0 Å². The maximum absolute atomic E-state index is 13.4. The fourth-order valence-electron chi connectivity index (χ4n) is 1.93. The smallest absolute Gasteiger partial charge is 0.383 e. The summed E-state index contributed by atoms with van der Waals surface area (Å²) in [4.78, 5) is 5.12. The molecule has 1 atom stereocenters. The van der Waals surface area contributed by atoms with Crippen molar-refractivity contribution in [2.75, 3.05) is 53.0 Å². The van der Waals surface area contributed by atoms with E-state index in [9.17, 15) is 22.7 Å². The van der Waals surface area contributed by atoms with Gasteiger partial charge >= 0.3 is 12.2 Å². The summed E-state index contributed by atoms with van der Waals surface area (Å²) in [6.45, 7) is -2.61. The van der Waals surface area contributed by atoms with Crippen LogP contribution < -0.4 is 0 Å². The second-order valence-corrected chi connectivity index (χ2v) is 6.77. The van der Waals surface area contributed by atoms with Crippen molar-refractivity contribution in [3.05, 3.63) is 16.1 Å². The van der Waals surface area contributed by atoms with E-state index in [0.717, 1.165) is 10.6 Å². The highest BCUT2D eigenvalue weighted by Gasteiger charge is 2.44. The van der Waals surface area contributed by atoms with Crippen LogP contribution in [-0.2, 0) is 30.1 Å². The summed E-state index contributed by atoms with van der Waals surface area (Å²) in [6, 6.07) is 0. The van der Waals surface area contributed by atoms with Gasteiger partial charge in [0.05, 0.1) is 44.2 Å². The standard InChI is InChI=1S/C16H25F4NO7S/c1-12-14(29-10-21-12)2-4-24-6-13(23)7-26-8-15(17,18)28-16(19,20)9-27-11-25-5-3-22/h10,13,22-23H,2-9,11H2,1H3. The molecule has 1 heterocycles. The Labute approximate surface area is 169 Å². The number of hydrogen-bond donors (Lipinski definition) is 2. The monoisotopic (exact) mass is 451 g/mol. The first-order valence-electron chi connectivity index (χ1n) is 8.60. The van der Waals surface area contributed by atoms with Gasteiger partial charge in [-0.15, -0.1) is 11.3 Å². The number of aryl methyl sites for hydroxylation is 1. The minimum absolute atomic E-state index is 0.145. The van der Waals surface area contributed by atoms with Crippen LogP contribution in [0.1, 0.15) is 10.6 Å². The first kappa shape index (κ1) is 26.1. The summed E-state index contributed by atoms with van der Waals surface area (Å²) in [5.41, 5.74) is 2.60. The van der Waals surface area contributed by atoms with Crippen molar-refractivity contribution < 1.29 is 51.5 Å². The molecule has 0 amide bonds. The topological polar surface area (TPSA) is 99.5 Å². The number of halogens is 4. The highest BCUT2D eigenvalue weighted by molar-refractivity contribution is 7.09. The fourth-order valence-corrected chi connectivity index (χ4v) is 2.70. The van der Waals surface area contributed by atoms with E-state index in [1.807, 2.05) is 6.92 Å². The molecule has 0 aliphatic rings. The third-order valence-corrected chi connectivity index (χ3v) is 4.17. The molecule has 0 aliphatic carbocycles. The van der Waals surface area contributed by atoms with E-state index in [1.165, 1.54) is 11.3 Å². The lowest BCUT2D eigenvalue weighted by Crippen LogP contribution is -2.40. The minimum atomic E-state index is -4.30. The molecule has 1 aromatic rings. The van der Waals surface area contributed by atoms with Gasteiger partial charge in [-0.05, 0) is 6.92 Å². The lowest BCUT2D eigenvalue weighted by atomic mass is 10.3. The zero-order chi connectivity index (χ0) is 21.8. The number of aliphatic hydroxyl groups excluding tert-OH is 2. The van der Waals surface area contributed by atoms with Crippen molar-refractivity contribution in [3.8, 4) is 0 Å². The van der Waals surface area contributed by atoms with Crippen LogP contribution in [0.2, 0.25) is 0 Å². The van der Waals surface area contributed by atoms with Crippen LogP contribution in [0.25, 0.3) is 0 Å². The molecule has 170 valence electrons. The number of aromatic nitrogens is 1. The quantitative estimate of drug-likeness (QED) is 0.209. The second kappa shape index (κ2) is 13.4. The molecule has 1 aromatic heterocycles. The van der Waals surface area contributed by atoms with Crippen LogP contribution in [-0.4, -0.2) is 86.6 Å². The first-order valence-corrected chi connectivity index (χ1v) is 9.48. The number of aliphatic hydroxyl groups is 2.